The molecule has 22 heavy (non-hydrogen) atoms. The second-order valence-electron chi connectivity index (χ2n) is 4.74. The highest BCUT2D eigenvalue weighted by Crippen LogP contribution is 2.38. The first-order chi connectivity index (χ1) is 10.5. The van der Waals surface area contributed by atoms with Crippen LogP contribution >= 0.6 is 0 Å². The van der Waals surface area contributed by atoms with Crippen LogP contribution in [0.15, 0.2) is 52.3 Å². The molecule has 0 amide bonds. The number of hydrogen-bond donors (Lipinski definition) is 1. The number of para-hydroxylation sites is 2. The molecule has 114 valence electrons. The van der Waals surface area contributed by atoms with E-state index in [0.29, 0.717) is 17.1 Å². The molecule has 5 nitrogen and oxygen atoms in total. The molecule has 2 aromatic rings. The molecule has 2 aromatic carbocycles. The van der Waals surface area contributed by atoms with Gasteiger partial charge in [-0.05, 0) is 30.3 Å². The van der Waals surface area contributed by atoms with Gasteiger partial charge in [0.25, 0.3) is 0 Å². The molecule has 0 aromatic heterocycles. The van der Waals surface area contributed by atoms with Gasteiger partial charge in [0.2, 0.25) is 9.84 Å². The standard InChI is InChI=1S/C16H14O5S/c1-20-14-6-2-3-7-15(14)21-10-11-9-12-13(17)5-4-8-16(12)22(11,18)19/h2-9,17H,10H2,1H3. The van der Waals surface area contributed by atoms with Crippen molar-refractivity contribution in [3.8, 4) is 17.2 Å². The zero-order valence-corrected chi connectivity index (χ0v) is 12.6. The summed E-state index contributed by atoms with van der Waals surface area (Å²) >= 11 is 0. The van der Waals surface area contributed by atoms with Crippen LogP contribution in [-0.4, -0.2) is 27.2 Å². The number of sulfone groups is 1. The molecular weight excluding hydrogens is 304 g/mol. The van der Waals surface area contributed by atoms with E-state index in [1.165, 1.54) is 31.4 Å². The first kappa shape index (κ1) is 14.5. The molecule has 1 N–H and O–H groups in total. The second kappa shape index (κ2) is 5.38. The SMILES string of the molecule is COc1ccccc1OCC1=Cc2c(O)cccc2S1(=O)=O. The van der Waals surface area contributed by atoms with Crippen molar-refractivity contribution in [2.24, 2.45) is 0 Å². The Kier molecular flexibility index (Phi) is 3.54. The minimum Gasteiger partial charge on any atom is -0.507 e. The van der Waals surface area contributed by atoms with Crippen molar-refractivity contribution in [1.82, 2.24) is 0 Å². The summed E-state index contributed by atoms with van der Waals surface area (Å²) in [5.74, 6) is 0.925. The van der Waals surface area contributed by atoms with Gasteiger partial charge in [0.1, 0.15) is 12.4 Å². The highest BCUT2D eigenvalue weighted by Gasteiger charge is 2.31. The van der Waals surface area contributed by atoms with E-state index in [0.717, 1.165) is 0 Å². The molecule has 0 fully saturated rings. The maximum atomic E-state index is 12.4. The molecule has 0 atom stereocenters. The number of phenolic OH excluding ortho intramolecular Hbond substituents is 1. The molecule has 0 spiro atoms. The van der Waals surface area contributed by atoms with Gasteiger partial charge in [0, 0.05) is 5.56 Å². The number of fused-ring (bicyclic) bond motifs is 1. The van der Waals surface area contributed by atoms with Gasteiger partial charge >= 0.3 is 0 Å². The summed E-state index contributed by atoms with van der Waals surface area (Å²) in [7, 11) is -2.11. The fraction of sp³-hybridized carbons (Fsp3) is 0.125. The summed E-state index contributed by atoms with van der Waals surface area (Å²) in [6, 6.07) is 11.4. The summed E-state index contributed by atoms with van der Waals surface area (Å²) in [6.07, 6.45) is 1.44. The van der Waals surface area contributed by atoms with Gasteiger partial charge in [-0.1, -0.05) is 18.2 Å². The molecule has 1 heterocycles. The van der Waals surface area contributed by atoms with E-state index in [9.17, 15) is 13.5 Å². The van der Waals surface area contributed by atoms with Gasteiger partial charge in [0.15, 0.2) is 11.5 Å². The number of rotatable bonds is 4. The first-order valence-electron chi connectivity index (χ1n) is 6.57. The molecule has 0 bridgehead atoms. The van der Waals surface area contributed by atoms with Gasteiger partial charge in [-0.2, -0.15) is 0 Å². The number of ether oxygens (including phenoxy) is 2. The fourth-order valence-corrected chi connectivity index (χ4v) is 3.78. The average molecular weight is 318 g/mol. The third-order valence-electron chi connectivity index (χ3n) is 3.42. The predicted octanol–water partition coefficient (Wildman–Crippen LogP) is 2.61. The van der Waals surface area contributed by atoms with Crippen molar-refractivity contribution in [3.05, 3.63) is 52.9 Å². The van der Waals surface area contributed by atoms with Crippen molar-refractivity contribution < 1.29 is 23.0 Å². The second-order valence-corrected chi connectivity index (χ2v) is 6.71. The monoisotopic (exact) mass is 318 g/mol. The molecule has 6 heteroatoms. The molecule has 3 rings (SSSR count). The van der Waals surface area contributed by atoms with E-state index in [4.69, 9.17) is 9.47 Å². The van der Waals surface area contributed by atoms with E-state index < -0.39 is 9.84 Å². The lowest BCUT2D eigenvalue weighted by Gasteiger charge is -2.10. The van der Waals surface area contributed by atoms with Gasteiger partial charge < -0.3 is 14.6 Å². The average Bonchev–Trinajstić information content (AvgIpc) is 2.78. The van der Waals surface area contributed by atoms with Crippen LogP contribution in [0.5, 0.6) is 17.2 Å². The zero-order valence-electron chi connectivity index (χ0n) is 11.8. The van der Waals surface area contributed by atoms with Gasteiger partial charge in [-0.25, -0.2) is 8.42 Å². The molecule has 1 aliphatic rings. The van der Waals surface area contributed by atoms with Crippen LogP contribution in [0.4, 0.5) is 0 Å². The van der Waals surface area contributed by atoms with Gasteiger partial charge in [-0.3, -0.25) is 0 Å². The number of benzene rings is 2. The largest absolute Gasteiger partial charge is 0.507 e. The Morgan fingerprint density at radius 1 is 1.05 bits per heavy atom. The number of aromatic hydroxyl groups is 1. The molecule has 0 saturated heterocycles. The van der Waals surface area contributed by atoms with Crippen LogP contribution < -0.4 is 9.47 Å². The zero-order chi connectivity index (χ0) is 15.7. The Bertz CT molecular complexity index is 853. The third-order valence-corrected chi connectivity index (χ3v) is 5.28. The maximum absolute atomic E-state index is 12.4. The van der Waals surface area contributed by atoms with Crippen molar-refractivity contribution in [1.29, 1.82) is 0 Å². The molecule has 0 unspecified atom stereocenters. The minimum atomic E-state index is -3.62. The normalized spacial score (nSPS) is 15.0. The highest BCUT2D eigenvalue weighted by atomic mass is 32.2. The van der Waals surface area contributed by atoms with E-state index >= 15 is 0 Å². The fourth-order valence-electron chi connectivity index (χ4n) is 2.30. The van der Waals surface area contributed by atoms with E-state index in [-0.39, 0.29) is 22.2 Å². The summed E-state index contributed by atoms with van der Waals surface area (Å²) in [5.41, 5.74) is 0.307. The van der Waals surface area contributed by atoms with E-state index in [1.807, 2.05) is 0 Å². The number of phenols is 1. The Morgan fingerprint density at radius 3 is 2.45 bits per heavy atom. The Morgan fingerprint density at radius 2 is 1.77 bits per heavy atom. The quantitative estimate of drug-likeness (QED) is 0.938. The van der Waals surface area contributed by atoms with Gasteiger partial charge in [-0.15, -0.1) is 0 Å². The van der Waals surface area contributed by atoms with Crippen LogP contribution in [0.1, 0.15) is 5.56 Å². The Hall–Kier alpha value is -2.47. The summed E-state index contributed by atoms with van der Waals surface area (Å²) in [5, 5.41) is 9.78. The van der Waals surface area contributed by atoms with Crippen LogP contribution in [0.2, 0.25) is 0 Å². The smallest absolute Gasteiger partial charge is 0.206 e. The van der Waals surface area contributed by atoms with Crippen LogP contribution in [0.3, 0.4) is 0 Å². The number of methoxy groups -OCH3 is 1. The van der Waals surface area contributed by atoms with Crippen LogP contribution in [0.25, 0.3) is 6.08 Å². The Labute approximate surface area is 128 Å². The molecule has 0 saturated carbocycles. The molecular formula is C16H14O5S. The molecule has 1 aliphatic heterocycles. The minimum absolute atomic E-state index is 0.0617. The highest BCUT2D eigenvalue weighted by molar-refractivity contribution is 7.95. The molecule has 0 aliphatic carbocycles. The first-order valence-corrected chi connectivity index (χ1v) is 8.06. The topological polar surface area (TPSA) is 72.8 Å². The lowest BCUT2D eigenvalue weighted by molar-refractivity contribution is 0.324. The summed E-state index contributed by atoms with van der Waals surface area (Å²) in [4.78, 5) is 0.209. The third kappa shape index (κ3) is 2.31. The van der Waals surface area contributed by atoms with E-state index in [2.05, 4.69) is 0 Å². The van der Waals surface area contributed by atoms with Crippen molar-refractivity contribution >= 4 is 15.9 Å². The maximum Gasteiger partial charge on any atom is 0.206 e. The summed E-state index contributed by atoms with van der Waals surface area (Å²) in [6.45, 7) is -0.128. The van der Waals surface area contributed by atoms with Crippen molar-refractivity contribution in [2.75, 3.05) is 13.7 Å². The van der Waals surface area contributed by atoms with Crippen molar-refractivity contribution in [3.63, 3.8) is 0 Å². The lowest BCUT2D eigenvalue weighted by Crippen LogP contribution is -2.09. The van der Waals surface area contributed by atoms with Crippen LogP contribution in [0, 0.1) is 0 Å². The number of hydrogen-bond acceptors (Lipinski definition) is 5. The predicted molar refractivity (Wildman–Crippen MR) is 81.8 cm³/mol. The summed E-state index contributed by atoms with van der Waals surface area (Å²) < 4.78 is 35.6. The lowest BCUT2D eigenvalue weighted by atomic mass is 10.2. The van der Waals surface area contributed by atoms with E-state index in [1.54, 1.807) is 24.3 Å². The Balaban J connectivity index is 1.89. The van der Waals surface area contributed by atoms with Gasteiger partial charge in [0.05, 0.1) is 16.9 Å². The molecule has 0 radical (unpaired) electrons. The van der Waals surface area contributed by atoms with Crippen molar-refractivity contribution in [2.45, 2.75) is 4.90 Å². The van der Waals surface area contributed by atoms with Crippen LogP contribution in [-0.2, 0) is 9.84 Å².